The summed E-state index contributed by atoms with van der Waals surface area (Å²) in [6, 6.07) is 17.7. The molecule has 1 saturated heterocycles. The maximum atomic E-state index is 9.59. The Balaban J connectivity index is 0. The number of pyridine rings is 1. The Morgan fingerprint density at radius 3 is 1.21 bits per heavy atom. The number of halogens is 1. The molecule has 1 aliphatic rings. The van der Waals surface area contributed by atoms with E-state index in [1.165, 1.54) is 14.0 Å². The minimum atomic E-state index is -0.245. The molecule has 0 unspecified atom stereocenters. The van der Waals surface area contributed by atoms with Crippen molar-refractivity contribution in [3.05, 3.63) is 67.0 Å². The lowest BCUT2D eigenvalue weighted by atomic mass is 10.4. The fraction of sp³-hybridized carbons (Fsp3) is 0.333. The molecular formula is C18H28ClN3O2. The van der Waals surface area contributed by atoms with Crippen molar-refractivity contribution in [1.82, 2.24) is 15.6 Å². The van der Waals surface area contributed by atoms with Gasteiger partial charge in [-0.1, -0.05) is 42.5 Å². The SMILES string of the molecule is C1CNCCN1.COC(C)=O.Cl.c1ccccc1.c1ccncc1. The number of hydrogen-bond acceptors (Lipinski definition) is 5. The van der Waals surface area contributed by atoms with Crippen molar-refractivity contribution < 1.29 is 9.53 Å². The van der Waals surface area contributed by atoms with Crippen molar-refractivity contribution in [2.75, 3.05) is 33.3 Å². The largest absolute Gasteiger partial charge is 0.469 e. The van der Waals surface area contributed by atoms with Crippen LogP contribution in [0.2, 0.25) is 0 Å². The smallest absolute Gasteiger partial charge is 0.302 e. The van der Waals surface area contributed by atoms with E-state index in [2.05, 4.69) is 20.4 Å². The van der Waals surface area contributed by atoms with Gasteiger partial charge in [0.15, 0.2) is 0 Å². The number of nitrogens with zero attached hydrogens (tertiary/aromatic N) is 1. The monoisotopic (exact) mass is 353 g/mol. The predicted molar refractivity (Wildman–Crippen MR) is 101 cm³/mol. The van der Waals surface area contributed by atoms with Crippen molar-refractivity contribution in [3.63, 3.8) is 0 Å². The first-order valence-electron chi connectivity index (χ1n) is 7.58. The molecule has 2 N–H and O–H groups in total. The average Bonchev–Trinajstić information content (AvgIpc) is 2.67. The van der Waals surface area contributed by atoms with Crippen LogP contribution in [0.1, 0.15) is 6.92 Å². The van der Waals surface area contributed by atoms with E-state index in [1.807, 2.05) is 54.6 Å². The number of rotatable bonds is 0. The zero-order chi connectivity index (χ0) is 17.0. The van der Waals surface area contributed by atoms with Crippen LogP contribution >= 0.6 is 12.4 Å². The lowest BCUT2D eigenvalue weighted by molar-refractivity contribution is -0.137. The number of benzene rings is 1. The Morgan fingerprint density at radius 1 is 0.792 bits per heavy atom. The van der Waals surface area contributed by atoms with Gasteiger partial charge in [0.05, 0.1) is 7.11 Å². The molecule has 0 aliphatic carbocycles. The van der Waals surface area contributed by atoms with Crippen LogP contribution in [0.25, 0.3) is 0 Å². The normalized spacial score (nSPS) is 11.4. The second kappa shape index (κ2) is 21.0. The number of aromatic nitrogens is 1. The fourth-order valence-corrected chi connectivity index (χ4v) is 1.30. The molecule has 2 heterocycles. The third-order valence-corrected chi connectivity index (χ3v) is 2.48. The summed E-state index contributed by atoms with van der Waals surface area (Å²) in [5, 5.41) is 6.44. The Bertz CT molecular complexity index is 358. The molecule has 0 saturated carbocycles. The molecule has 0 amide bonds. The second-order valence-corrected chi connectivity index (χ2v) is 4.37. The number of carbonyl (C=O) groups excluding carboxylic acids is 1. The van der Waals surface area contributed by atoms with E-state index >= 15 is 0 Å². The van der Waals surface area contributed by atoms with Crippen molar-refractivity contribution in [3.8, 4) is 0 Å². The van der Waals surface area contributed by atoms with Gasteiger partial charge in [0.25, 0.3) is 0 Å². The number of methoxy groups -OCH3 is 1. The number of carbonyl (C=O) groups is 1. The van der Waals surface area contributed by atoms with Crippen LogP contribution in [0.4, 0.5) is 0 Å². The first-order chi connectivity index (χ1) is 11.3. The number of hydrogen-bond donors (Lipinski definition) is 2. The van der Waals surface area contributed by atoms with Gasteiger partial charge in [-0.2, -0.15) is 0 Å². The van der Waals surface area contributed by atoms with Crippen LogP contribution in [-0.4, -0.2) is 44.2 Å². The van der Waals surface area contributed by atoms with E-state index in [1.54, 1.807) is 12.4 Å². The highest BCUT2D eigenvalue weighted by atomic mass is 35.5. The third-order valence-electron chi connectivity index (χ3n) is 2.48. The van der Waals surface area contributed by atoms with Gasteiger partial charge in [0.2, 0.25) is 0 Å². The number of piperazine rings is 1. The molecule has 1 aromatic carbocycles. The Hall–Kier alpha value is -1.95. The Labute approximate surface area is 151 Å². The lowest BCUT2D eigenvalue weighted by Crippen LogP contribution is -2.39. The molecule has 5 nitrogen and oxygen atoms in total. The maximum Gasteiger partial charge on any atom is 0.302 e. The van der Waals surface area contributed by atoms with E-state index in [0.717, 1.165) is 26.2 Å². The molecule has 6 heteroatoms. The molecule has 0 bridgehead atoms. The van der Waals surface area contributed by atoms with Crippen LogP contribution in [0, 0.1) is 0 Å². The lowest BCUT2D eigenvalue weighted by Gasteiger charge is -2.11. The molecule has 0 atom stereocenters. The van der Waals surface area contributed by atoms with Gasteiger partial charge >= 0.3 is 5.97 Å². The van der Waals surface area contributed by atoms with E-state index in [0.29, 0.717) is 0 Å². The standard InChI is InChI=1S/C6H6.C5H5N.C4H10N2.C3H6O2.ClH/c2*1-2-4-6-5-3-1;1-2-6-4-3-5-1;1-3(4)5-2;/h1-6H;1-5H;5-6H,1-4H2;1-2H3;1H. The van der Waals surface area contributed by atoms with E-state index in [4.69, 9.17) is 0 Å². The summed E-state index contributed by atoms with van der Waals surface area (Å²) < 4.78 is 4.11. The van der Waals surface area contributed by atoms with Gasteiger partial charge in [-0.05, 0) is 12.1 Å². The molecule has 1 fully saturated rings. The summed E-state index contributed by atoms with van der Waals surface area (Å²) in [6.45, 7) is 5.92. The Kier molecular flexibility index (Phi) is 21.3. The van der Waals surface area contributed by atoms with Crippen molar-refractivity contribution in [2.24, 2.45) is 0 Å². The molecule has 3 rings (SSSR count). The van der Waals surface area contributed by atoms with Gasteiger partial charge in [0, 0.05) is 45.5 Å². The number of nitrogens with one attached hydrogen (secondary N) is 2. The topological polar surface area (TPSA) is 63.2 Å². The van der Waals surface area contributed by atoms with Gasteiger partial charge < -0.3 is 15.4 Å². The second-order valence-electron chi connectivity index (χ2n) is 4.37. The molecule has 24 heavy (non-hydrogen) atoms. The average molecular weight is 354 g/mol. The highest BCUT2D eigenvalue weighted by Crippen LogP contribution is 1.80. The summed E-state index contributed by atoms with van der Waals surface area (Å²) in [5.41, 5.74) is 0. The highest BCUT2D eigenvalue weighted by Gasteiger charge is 1.91. The molecule has 0 radical (unpaired) electrons. The van der Waals surface area contributed by atoms with E-state index in [-0.39, 0.29) is 18.4 Å². The van der Waals surface area contributed by atoms with Gasteiger partial charge in [0.1, 0.15) is 0 Å². The van der Waals surface area contributed by atoms with Crippen molar-refractivity contribution in [2.45, 2.75) is 6.92 Å². The molecular weight excluding hydrogens is 326 g/mol. The predicted octanol–water partition coefficient (Wildman–Crippen LogP) is 2.55. The molecule has 1 aromatic heterocycles. The van der Waals surface area contributed by atoms with Crippen LogP contribution in [0.15, 0.2) is 67.0 Å². The summed E-state index contributed by atoms with van der Waals surface area (Å²) >= 11 is 0. The molecule has 1 aliphatic heterocycles. The molecule has 134 valence electrons. The third kappa shape index (κ3) is 22.3. The van der Waals surface area contributed by atoms with Gasteiger partial charge in [-0.3, -0.25) is 9.78 Å². The zero-order valence-corrected chi connectivity index (χ0v) is 15.2. The summed E-state index contributed by atoms with van der Waals surface area (Å²) in [6.07, 6.45) is 3.50. The Morgan fingerprint density at radius 2 is 1.08 bits per heavy atom. The summed E-state index contributed by atoms with van der Waals surface area (Å²) in [5.74, 6) is -0.245. The maximum absolute atomic E-state index is 9.59. The fourth-order valence-electron chi connectivity index (χ4n) is 1.30. The van der Waals surface area contributed by atoms with E-state index < -0.39 is 0 Å². The van der Waals surface area contributed by atoms with Crippen LogP contribution in [0.5, 0.6) is 0 Å². The van der Waals surface area contributed by atoms with Crippen LogP contribution < -0.4 is 10.6 Å². The van der Waals surface area contributed by atoms with Crippen LogP contribution in [0.3, 0.4) is 0 Å². The number of esters is 1. The zero-order valence-electron chi connectivity index (χ0n) is 14.4. The van der Waals surface area contributed by atoms with E-state index in [9.17, 15) is 4.79 Å². The quantitative estimate of drug-likeness (QED) is 0.713. The number of ether oxygens (including phenoxy) is 1. The summed E-state index contributed by atoms with van der Waals surface area (Å²) in [7, 11) is 1.35. The van der Waals surface area contributed by atoms with Gasteiger partial charge in [-0.15, -0.1) is 12.4 Å². The van der Waals surface area contributed by atoms with Gasteiger partial charge in [-0.25, -0.2) is 0 Å². The highest BCUT2D eigenvalue weighted by molar-refractivity contribution is 5.85. The minimum Gasteiger partial charge on any atom is -0.469 e. The molecule has 2 aromatic rings. The van der Waals surface area contributed by atoms with Crippen molar-refractivity contribution in [1.29, 1.82) is 0 Å². The summed E-state index contributed by atoms with van der Waals surface area (Å²) in [4.78, 5) is 13.4. The minimum absolute atomic E-state index is 0. The first-order valence-corrected chi connectivity index (χ1v) is 7.58. The van der Waals surface area contributed by atoms with Crippen molar-refractivity contribution >= 4 is 18.4 Å². The first kappa shape index (κ1) is 24.3. The molecule has 0 spiro atoms. The van der Waals surface area contributed by atoms with Crippen LogP contribution in [-0.2, 0) is 9.53 Å².